The molecular formula is C10H22N2O. The Morgan fingerprint density at radius 2 is 1.77 bits per heavy atom. The molecule has 13 heavy (non-hydrogen) atoms. The third kappa shape index (κ3) is 2.93. The summed E-state index contributed by atoms with van der Waals surface area (Å²) in [5, 5.41) is 8.74. The van der Waals surface area contributed by atoms with Gasteiger partial charge in [-0.15, -0.1) is 0 Å². The molecule has 0 aromatic heterocycles. The van der Waals surface area contributed by atoms with Crippen LogP contribution in [0.5, 0.6) is 0 Å². The van der Waals surface area contributed by atoms with Crippen molar-refractivity contribution in [3.05, 3.63) is 0 Å². The summed E-state index contributed by atoms with van der Waals surface area (Å²) in [6.07, 6.45) is 0.906. The third-order valence-electron chi connectivity index (χ3n) is 3.07. The molecule has 1 saturated heterocycles. The van der Waals surface area contributed by atoms with Gasteiger partial charge in [-0.05, 0) is 27.3 Å². The van der Waals surface area contributed by atoms with Crippen molar-refractivity contribution in [2.75, 3.05) is 33.3 Å². The molecule has 0 aliphatic carbocycles. The quantitative estimate of drug-likeness (QED) is 0.691. The van der Waals surface area contributed by atoms with Gasteiger partial charge in [-0.3, -0.25) is 4.90 Å². The standard InChI is InChI=1S/C10H22N2O/c1-9-7-12(5-4-6-13)8-10(2)11(9)3/h9-10,13H,4-8H2,1-3H3/t9-,10+. The van der Waals surface area contributed by atoms with E-state index >= 15 is 0 Å². The first-order valence-corrected chi connectivity index (χ1v) is 5.20. The molecule has 1 aliphatic rings. The number of hydrogen-bond donors (Lipinski definition) is 1. The van der Waals surface area contributed by atoms with Gasteiger partial charge in [0.25, 0.3) is 0 Å². The Balaban J connectivity index is 2.35. The molecule has 2 atom stereocenters. The monoisotopic (exact) mass is 186 g/mol. The van der Waals surface area contributed by atoms with Crippen LogP contribution in [-0.2, 0) is 0 Å². The van der Waals surface area contributed by atoms with E-state index in [9.17, 15) is 0 Å². The first-order valence-electron chi connectivity index (χ1n) is 5.20. The summed E-state index contributed by atoms with van der Waals surface area (Å²) in [7, 11) is 2.19. The summed E-state index contributed by atoms with van der Waals surface area (Å²) in [6, 6.07) is 1.28. The number of rotatable bonds is 3. The highest BCUT2D eigenvalue weighted by molar-refractivity contribution is 4.82. The minimum absolute atomic E-state index is 0.315. The summed E-state index contributed by atoms with van der Waals surface area (Å²) in [4.78, 5) is 4.88. The van der Waals surface area contributed by atoms with Gasteiger partial charge < -0.3 is 10.0 Å². The molecule has 1 fully saturated rings. The molecule has 0 amide bonds. The summed E-state index contributed by atoms with van der Waals surface area (Å²) in [5.74, 6) is 0. The number of nitrogens with zero attached hydrogens (tertiary/aromatic N) is 2. The van der Waals surface area contributed by atoms with E-state index in [0.29, 0.717) is 18.7 Å². The highest BCUT2D eigenvalue weighted by Gasteiger charge is 2.25. The molecule has 0 saturated carbocycles. The summed E-state index contributed by atoms with van der Waals surface area (Å²) in [6.45, 7) is 8.17. The van der Waals surface area contributed by atoms with Crippen LogP contribution in [0.1, 0.15) is 20.3 Å². The molecule has 1 N–H and O–H groups in total. The van der Waals surface area contributed by atoms with E-state index in [2.05, 4.69) is 30.7 Å². The maximum absolute atomic E-state index is 8.74. The zero-order valence-corrected chi connectivity index (χ0v) is 9.03. The minimum Gasteiger partial charge on any atom is -0.396 e. The van der Waals surface area contributed by atoms with Crippen molar-refractivity contribution >= 4 is 0 Å². The van der Waals surface area contributed by atoms with Gasteiger partial charge in [0.15, 0.2) is 0 Å². The smallest absolute Gasteiger partial charge is 0.0443 e. The van der Waals surface area contributed by atoms with Crippen molar-refractivity contribution < 1.29 is 5.11 Å². The van der Waals surface area contributed by atoms with Crippen LogP contribution in [0.2, 0.25) is 0 Å². The van der Waals surface area contributed by atoms with Crippen LogP contribution in [0.4, 0.5) is 0 Å². The zero-order chi connectivity index (χ0) is 9.84. The zero-order valence-electron chi connectivity index (χ0n) is 9.03. The van der Waals surface area contributed by atoms with Crippen LogP contribution in [0.15, 0.2) is 0 Å². The Morgan fingerprint density at radius 3 is 2.23 bits per heavy atom. The maximum Gasteiger partial charge on any atom is 0.0443 e. The van der Waals surface area contributed by atoms with E-state index in [0.717, 1.165) is 26.1 Å². The van der Waals surface area contributed by atoms with Crippen molar-refractivity contribution in [1.82, 2.24) is 9.80 Å². The molecule has 1 aliphatic heterocycles. The Hall–Kier alpha value is -0.120. The summed E-state index contributed by atoms with van der Waals surface area (Å²) < 4.78 is 0. The lowest BCUT2D eigenvalue weighted by Gasteiger charge is -2.42. The van der Waals surface area contributed by atoms with Crippen LogP contribution in [0, 0.1) is 0 Å². The van der Waals surface area contributed by atoms with Crippen molar-refractivity contribution in [3.8, 4) is 0 Å². The fourth-order valence-electron chi connectivity index (χ4n) is 1.99. The lowest BCUT2D eigenvalue weighted by molar-refractivity contribution is 0.0564. The van der Waals surface area contributed by atoms with Crippen LogP contribution in [0.3, 0.4) is 0 Å². The number of likely N-dealkylation sites (N-methyl/N-ethyl adjacent to an activating group) is 1. The largest absolute Gasteiger partial charge is 0.396 e. The minimum atomic E-state index is 0.315. The number of aliphatic hydroxyl groups is 1. The molecule has 0 radical (unpaired) electrons. The lowest BCUT2D eigenvalue weighted by atomic mass is 10.1. The van der Waals surface area contributed by atoms with E-state index < -0.39 is 0 Å². The molecule has 0 aromatic rings. The van der Waals surface area contributed by atoms with E-state index in [1.165, 1.54) is 0 Å². The third-order valence-corrected chi connectivity index (χ3v) is 3.07. The number of piperazine rings is 1. The predicted molar refractivity (Wildman–Crippen MR) is 54.8 cm³/mol. The van der Waals surface area contributed by atoms with Gasteiger partial charge in [0.1, 0.15) is 0 Å². The molecule has 0 bridgehead atoms. The number of hydrogen-bond acceptors (Lipinski definition) is 3. The van der Waals surface area contributed by atoms with Gasteiger partial charge in [0.2, 0.25) is 0 Å². The highest BCUT2D eigenvalue weighted by atomic mass is 16.3. The Bertz CT molecular complexity index is 140. The predicted octanol–water partition coefficient (Wildman–Crippen LogP) is 0.393. The van der Waals surface area contributed by atoms with Gasteiger partial charge in [0.05, 0.1) is 0 Å². The highest BCUT2D eigenvalue weighted by Crippen LogP contribution is 2.12. The second-order valence-corrected chi connectivity index (χ2v) is 4.20. The SMILES string of the molecule is C[C@@H]1CN(CCCO)C[C@H](C)N1C. The van der Waals surface area contributed by atoms with Crippen LogP contribution in [0.25, 0.3) is 0 Å². The van der Waals surface area contributed by atoms with Crippen molar-refractivity contribution in [2.45, 2.75) is 32.4 Å². The molecule has 3 heteroatoms. The molecule has 78 valence electrons. The van der Waals surface area contributed by atoms with Gasteiger partial charge in [0, 0.05) is 38.3 Å². The molecule has 1 rings (SSSR count). The summed E-state index contributed by atoms with van der Waals surface area (Å²) in [5.41, 5.74) is 0. The van der Waals surface area contributed by atoms with Crippen molar-refractivity contribution in [2.24, 2.45) is 0 Å². The Kier molecular flexibility index (Phi) is 4.16. The summed E-state index contributed by atoms with van der Waals surface area (Å²) >= 11 is 0. The van der Waals surface area contributed by atoms with Gasteiger partial charge >= 0.3 is 0 Å². The maximum atomic E-state index is 8.74. The van der Waals surface area contributed by atoms with Gasteiger partial charge in [-0.25, -0.2) is 0 Å². The normalized spacial score (nSPS) is 32.3. The van der Waals surface area contributed by atoms with Crippen LogP contribution >= 0.6 is 0 Å². The molecule has 0 spiro atoms. The molecule has 0 unspecified atom stereocenters. The fourth-order valence-corrected chi connectivity index (χ4v) is 1.99. The lowest BCUT2D eigenvalue weighted by Crippen LogP contribution is -2.55. The first kappa shape index (κ1) is 11.0. The van der Waals surface area contributed by atoms with E-state index in [4.69, 9.17) is 5.11 Å². The van der Waals surface area contributed by atoms with E-state index in [-0.39, 0.29) is 0 Å². The van der Waals surface area contributed by atoms with Gasteiger partial charge in [-0.1, -0.05) is 0 Å². The van der Waals surface area contributed by atoms with Crippen LogP contribution in [-0.4, -0.2) is 60.3 Å². The second kappa shape index (κ2) is 4.94. The van der Waals surface area contributed by atoms with Crippen molar-refractivity contribution in [3.63, 3.8) is 0 Å². The van der Waals surface area contributed by atoms with E-state index in [1.54, 1.807) is 0 Å². The second-order valence-electron chi connectivity index (χ2n) is 4.20. The topological polar surface area (TPSA) is 26.7 Å². The molecule has 1 heterocycles. The van der Waals surface area contributed by atoms with Gasteiger partial charge in [-0.2, -0.15) is 0 Å². The van der Waals surface area contributed by atoms with Crippen LogP contribution < -0.4 is 0 Å². The average molecular weight is 186 g/mol. The average Bonchev–Trinajstić information content (AvgIpc) is 2.10. The van der Waals surface area contributed by atoms with E-state index in [1.807, 2.05) is 0 Å². The fraction of sp³-hybridized carbons (Fsp3) is 1.00. The van der Waals surface area contributed by atoms with Crippen molar-refractivity contribution in [1.29, 1.82) is 0 Å². The molecular weight excluding hydrogens is 164 g/mol. The Labute approximate surface area is 81.3 Å². The first-order chi connectivity index (χ1) is 6.15. The number of aliphatic hydroxyl groups excluding tert-OH is 1. The molecule has 3 nitrogen and oxygen atoms in total. The Morgan fingerprint density at radius 1 is 1.23 bits per heavy atom. The molecule has 0 aromatic carbocycles.